The molecule has 0 saturated carbocycles. The first-order valence-electron chi connectivity index (χ1n) is 5.73. The van der Waals surface area contributed by atoms with E-state index >= 15 is 0 Å². The van der Waals surface area contributed by atoms with Gasteiger partial charge in [0.25, 0.3) is 0 Å². The summed E-state index contributed by atoms with van der Waals surface area (Å²) in [5.74, 6) is 3.30. The number of nitrogens with zero attached hydrogens (tertiary/aromatic N) is 1. The second-order valence-electron chi connectivity index (χ2n) is 4.12. The first-order chi connectivity index (χ1) is 9.54. The highest BCUT2D eigenvalue weighted by molar-refractivity contribution is 9.10. The maximum atomic E-state index is 13.9. The fraction of sp³-hybridized carbons (Fsp3) is 0.154. The lowest BCUT2D eigenvalue weighted by Crippen LogP contribution is -2.31. The van der Waals surface area contributed by atoms with Crippen LogP contribution in [0, 0.1) is 17.5 Å². The molecule has 2 rings (SSSR count). The van der Waals surface area contributed by atoms with Gasteiger partial charge in [0.2, 0.25) is 0 Å². The van der Waals surface area contributed by atoms with Gasteiger partial charge in [-0.1, -0.05) is 0 Å². The Balaban J connectivity index is 2.37. The van der Waals surface area contributed by atoms with E-state index in [0.29, 0.717) is 0 Å². The fourth-order valence-corrected chi connectivity index (χ4v) is 2.22. The smallest absolute Gasteiger partial charge is 0.146 e. The highest BCUT2D eigenvalue weighted by Crippen LogP contribution is 2.26. The largest absolute Gasteiger partial charge is 0.271 e. The number of benzene rings is 1. The van der Waals surface area contributed by atoms with Gasteiger partial charge in [0.15, 0.2) is 0 Å². The minimum absolute atomic E-state index is 0.00813. The van der Waals surface area contributed by atoms with Gasteiger partial charge in [-0.25, -0.2) is 13.2 Å². The zero-order valence-corrected chi connectivity index (χ0v) is 11.8. The Labute approximate surface area is 122 Å². The molecule has 1 aromatic heterocycles. The van der Waals surface area contributed by atoms with Crippen molar-refractivity contribution in [3.8, 4) is 0 Å². The van der Waals surface area contributed by atoms with Gasteiger partial charge in [0, 0.05) is 18.2 Å². The molecule has 0 aliphatic carbocycles. The summed E-state index contributed by atoms with van der Waals surface area (Å²) in [4.78, 5) is 3.85. The van der Waals surface area contributed by atoms with E-state index in [0.717, 1.165) is 6.07 Å². The van der Waals surface area contributed by atoms with Crippen molar-refractivity contribution in [2.24, 2.45) is 5.84 Å². The van der Waals surface area contributed by atoms with Crippen molar-refractivity contribution in [3.63, 3.8) is 0 Å². The molecule has 106 valence electrons. The Morgan fingerprint density at radius 1 is 1.20 bits per heavy atom. The van der Waals surface area contributed by atoms with E-state index < -0.39 is 23.5 Å². The lowest BCUT2D eigenvalue weighted by Gasteiger charge is -2.17. The van der Waals surface area contributed by atoms with Crippen molar-refractivity contribution in [1.29, 1.82) is 0 Å². The molecule has 1 atom stereocenters. The number of pyridine rings is 1. The van der Waals surface area contributed by atoms with Crippen LogP contribution in [-0.4, -0.2) is 4.98 Å². The first kappa shape index (κ1) is 15.0. The van der Waals surface area contributed by atoms with Crippen LogP contribution < -0.4 is 11.3 Å². The number of hydrogen-bond donors (Lipinski definition) is 2. The van der Waals surface area contributed by atoms with Crippen molar-refractivity contribution < 1.29 is 13.2 Å². The molecular formula is C13H11BrF3N3. The summed E-state index contributed by atoms with van der Waals surface area (Å²) in [6, 6.07) is 4.19. The normalized spacial score (nSPS) is 12.4. The van der Waals surface area contributed by atoms with Crippen LogP contribution in [0.4, 0.5) is 13.2 Å². The third kappa shape index (κ3) is 3.00. The van der Waals surface area contributed by atoms with E-state index in [1.807, 2.05) is 0 Å². The van der Waals surface area contributed by atoms with Crippen LogP contribution in [0.1, 0.15) is 17.3 Å². The Hall–Kier alpha value is -1.44. The molecular weight excluding hydrogens is 335 g/mol. The molecule has 20 heavy (non-hydrogen) atoms. The minimum Gasteiger partial charge on any atom is -0.271 e. The van der Waals surface area contributed by atoms with Crippen molar-refractivity contribution >= 4 is 15.9 Å². The maximum absolute atomic E-state index is 13.9. The standard InChI is InChI=1S/C13H11BrF3N3/c14-8-3-4-9(15)7(12(8)17)6-11(20-18)13-10(16)2-1-5-19-13/h1-5,11,20H,6,18H2. The predicted octanol–water partition coefficient (Wildman–Crippen LogP) is 3.01. The zero-order valence-electron chi connectivity index (χ0n) is 10.2. The molecule has 1 heterocycles. The van der Waals surface area contributed by atoms with Gasteiger partial charge in [0.1, 0.15) is 17.5 Å². The number of nitrogens with two attached hydrogens (primary N) is 1. The highest BCUT2D eigenvalue weighted by Gasteiger charge is 2.21. The summed E-state index contributed by atoms with van der Waals surface area (Å²) in [6.45, 7) is 0. The van der Waals surface area contributed by atoms with Gasteiger partial charge >= 0.3 is 0 Å². The molecule has 0 aliphatic rings. The van der Waals surface area contributed by atoms with Gasteiger partial charge in [-0.3, -0.25) is 16.3 Å². The monoisotopic (exact) mass is 345 g/mol. The van der Waals surface area contributed by atoms with Gasteiger partial charge in [-0.2, -0.15) is 0 Å². The third-order valence-electron chi connectivity index (χ3n) is 2.87. The average molecular weight is 346 g/mol. The van der Waals surface area contributed by atoms with E-state index in [1.165, 1.54) is 24.4 Å². The molecule has 0 amide bonds. The predicted molar refractivity (Wildman–Crippen MR) is 72.0 cm³/mol. The van der Waals surface area contributed by atoms with Gasteiger partial charge < -0.3 is 0 Å². The lowest BCUT2D eigenvalue weighted by atomic mass is 10.0. The van der Waals surface area contributed by atoms with Crippen molar-refractivity contribution in [2.75, 3.05) is 0 Å². The van der Waals surface area contributed by atoms with E-state index in [9.17, 15) is 13.2 Å². The topological polar surface area (TPSA) is 50.9 Å². The molecule has 0 aliphatic heterocycles. The van der Waals surface area contributed by atoms with E-state index in [2.05, 4.69) is 26.3 Å². The summed E-state index contributed by atoms with van der Waals surface area (Å²) in [5, 5.41) is 0. The van der Waals surface area contributed by atoms with Crippen LogP contribution in [0.3, 0.4) is 0 Å². The Morgan fingerprint density at radius 3 is 2.60 bits per heavy atom. The van der Waals surface area contributed by atoms with Gasteiger partial charge in [-0.15, -0.1) is 0 Å². The van der Waals surface area contributed by atoms with E-state index in [1.54, 1.807) is 0 Å². The lowest BCUT2D eigenvalue weighted by molar-refractivity contribution is 0.468. The Bertz CT molecular complexity index is 622. The Kier molecular flexibility index (Phi) is 4.74. The SMILES string of the molecule is NNC(Cc1c(F)ccc(Br)c1F)c1ncccc1F. The summed E-state index contributed by atoms with van der Waals surface area (Å²) >= 11 is 2.98. The van der Waals surface area contributed by atoms with Crippen molar-refractivity contribution in [2.45, 2.75) is 12.5 Å². The van der Waals surface area contributed by atoms with E-state index in [4.69, 9.17) is 5.84 Å². The molecule has 0 bridgehead atoms. The third-order valence-corrected chi connectivity index (χ3v) is 3.48. The fourth-order valence-electron chi connectivity index (χ4n) is 1.85. The minimum atomic E-state index is -0.838. The molecule has 1 aromatic carbocycles. The molecule has 1 unspecified atom stereocenters. The zero-order chi connectivity index (χ0) is 14.7. The molecule has 0 radical (unpaired) electrons. The maximum Gasteiger partial charge on any atom is 0.146 e. The number of aromatic nitrogens is 1. The average Bonchev–Trinajstić information content (AvgIpc) is 2.45. The molecule has 0 fully saturated rings. The molecule has 3 N–H and O–H groups in total. The second-order valence-corrected chi connectivity index (χ2v) is 4.97. The van der Waals surface area contributed by atoms with Crippen LogP contribution in [0.2, 0.25) is 0 Å². The summed E-state index contributed by atoms with van der Waals surface area (Å²) in [5.41, 5.74) is 2.15. The summed E-state index contributed by atoms with van der Waals surface area (Å²) in [7, 11) is 0. The number of nitrogens with one attached hydrogen (secondary N) is 1. The van der Waals surface area contributed by atoms with Gasteiger partial charge in [0.05, 0.1) is 16.2 Å². The first-order valence-corrected chi connectivity index (χ1v) is 6.52. The molecule has 2 aromatic rings. The number of hydrogen-bond acceptors (Lipinski definition) is 3. The second kappa shape index (κ2) is 6.34. The van der Waals surface area contributed by atoms with E-state index in [-0.39, 0.29) is 22.2 Å². The quantitative estimate of drug-likeness (QED) is 0.508. The van der Waals surface area contributed by atoms with Crippen molar-refractivity contribution in [1.82, 2.24) is 10.4 Å². The number of rotatable bonds is 4. The molecule has 0 spiro atoms. The number of halogens is 4. The van der Waals surface area contributed by atoms with Gasteiger partial charge in [-0.05, 0) is 40.2 Å². The van der Waals surface area contributed by atoms with Crippen LogP contribution >= 0.6 is 15.9 Å². The summed E-state index contributed by atoms with van der Waals surface area (Å²) in [6.07, 6.45) is 1.22. The van der Waals surface area contributed by atoms with Crippen LogP contribution in [0.15, 0.2) is 34.9 Å². The highest BCUT2D eigenvalue weighted by atomic mass is 79.9. The molecule has 3 nitrogen and oxygen atoms in total. The van der Waals surface area contributed by atoms with Crippen LogP contribution in [0.5, 0.6) is 0 Å². The Morgan fingerprint density at radius 2 is 1.95 bits per heavy atom. The summed E-state index contributed by atoms with van der Waals surface area (Å²) < 4.78 is 41.4. The van der Waals surface area contributed by atoms with Crippen LogP contribution in [-0.2, 0) is 6.42 Å². The number of hydrazine groups is 1. The van der Waals surface area contributed by atoms with Crippen molar-refractivity contribution in [3.05, 3.63) is 63.6 Å². The van der Waals surface area contributed by atoms with Crippen LogP contribution in [0.25, 0.3) is 0 Å². The molecule has 7 heteroatoms. The molecule has 0 saturated heterocycles.